The molecular weight excluding hydrogens is 483 g/mol. The van der Waals surface area contributed by atoms with E-state index in [9.17, 15) is 14.3 Å². The van der Waals surface area contributed by atoms with Crippen LogP contribution >= 0.6 is 22.9 Å². The van der Waals surface area contributed by atoms with E-state index in [1.54, 1.807) is 35.6 Å². The number of carboxylic acids is 1. The predicted molar refractivity (Wildman–Crippen MR) is 139 cm³/mol. The Morgan fingerprint density at radius 1 is 1.03 bits per heavy atom. The second-order valence-corrected chi connectivity index (χ2v) is 11.0. The molecule has 2 saturated heterocycles. The molecule has 0 saturated carbocycles. The lowest BCUT2D eigenvalue weighted by Gasteiger charge is -2.35. The van der Waals surface area contributed by atoms with E-state index in [2.05, 4.69) is 26.6 Å². The molecule has 3 atom stereocenters. The van der Waals surface area contributed by atoms with Crippen LogP contribution in [-0.2, 0) is 4.79 Å². The van der Waals surface area contributed by atoms with E-state index in [4.69, 9.17) is 11.6 Å². The monoisotopic (exact) mass is 512 g/mol. The SMILES string of the molecule is O=C(O)C(c1ccc(Cl)cc1)N1C[C@@H](CN2CCC(c3ccc(F)cc3)CC2)[C@H](c2ccsc2)C1. The van der Waals surface area contributed by atoms with Crippen LogP contribution in [0.2, 0.25) is 5.02 Å². The maximum Gasteiger partial charge on any atom is 0.325 e. The largest absolute Gasteiger partial charge is 0.480 e. The molecule has 1 unspecified atom stereocenters. The first-order valence-electron chi connectivity index (χ1n) is 12.2. The molecule has 0 spiro atoms. The van der Waals surface area contributed by atoms with Crippen LogP contribution in [0.4, 0.5) is 4.39 Å². The molecule has 3 aromatic rings. The Morgan fingerprint density at radius 2 is 1.74 bits per heavy atom. The smallest absolute Gasteiger partial charge is 0.325 e. The normalized spacial score (nSPS) is 22.9. The number of carboxylic acid groups (broad SMARTS) is 1. The summed E-state index contributed by atoms with van der Waals surface area (Å²) < 4.78 is 13.3. The summed E-state index contributed by atoms with van der Waals surface area (Å²) in [7, 11) is 0. The Morgan fingerprint density at radius 3 is 2.37 bits per heavy atom. The number of thiophene rings is 1. The molecule has 0 radical (unpaired) electrons. The van der Waals surface area contributed by atoms with Gasteiger partial charge in [-0.1, -0.05) is 35.9 Å². The fraction of sp³-hybridized carbons (Fsp3) is 0.393. The zero-order chi connectivity index (χ0) is 24.4. The van der Waals surface area contributed by atoms with Crippen LogP contribution in [0.5, 0.6) is 0 Å². The molecule has 2 aliphatic heterocycles. The molecule has 2 aliphatic rings. The maximum atomic E-state index is 13.3. The average molecular weight is 513 g/mol. The first-order chi connectivity index (χ1) is 17.0. The summed E-state index contributed by atoms with van der Waals surface area (Å²) in [6.07, 6.45) is 2.13. The quantitative estimate of drug-likeness (QED) is 0.405. The van der Waals surface area contributed by atoms with Crippen molar-refractivity contribution in [2.75, 3.05) is 32.7 Å². The number of rotatable bonds is 7. The summed E-state index contributed by atoms with van der Waals surface area (Å²) in [5, 5.41) is 15.1. The molecule has 1 aromatic heterocycles. The van der Waals surface area contributed by atoms with Crippen molar-refractivity contribution < 1.29 is 14.3 Å². The minimum atomic E-state index is -0.822. The lowest BCUT2D eigenvalue weighted by molar-refractivity contribution is -0.143. The van der Waals surface area contributed by atoms with Gasteiger partial charge in [-0.15, -0.1) is 0 Å². The molecule has 0 bridgehead atoms. The van der Waals surface area contributed by atoms with E-state index < -0.39 is 12.0 Å². The van der Waals surface area contributed by atoms with Crippen LogP contribution in [0.3, 0.4) is 0 Å². The van der Waals surface area contributed by atoms with Crippen LogP contribution in [0.1, 0.15) is 47.4 Å². The topological polar surface area (TPSA) is 43.8 Å². The zero-order valence-electron chi connectivity index (χ0n) is 19.5. The van der Waals surface area contributed by atoms with Gasteiger partial charge in [0.15, 0.2) is 0 Å². The molecule has 2 aromatic carbocycles. The molecule has 7 heteroatoms. The van der Waals surface area contributed by atoms with Crippen LogP contribution in [-0.4, -0.2) is 53.6 Å². The number of aliphatic carboxylic acids is 1. The van der Waals surface area contributed by atoms with Gasteiger partial charge in [-0.05, 0) is 95.5 Å². The maximum absolute atomic E-state index is 13.3. The Balaban J connectivity index is 1.29. The number of hydrogen-bond acceptors (Lipinski definition) is 4. The minimum Gasteiger partial charge on any atom is -0.480 e. The molecule has 35 heavy (non-hydrogen) atoms. The molecule has 4 nitrogen and oxygen atoms in total. The van der Waals surface area contributed by atoms with E-state index in [1.807, 2.05) is 24.3 Å². The Hall–Kier alpha value is -2.25. The highest BCUT2D eigenvalue weighted by molar-refractivity contribution is 7.08. The van der Waals surface area contributed by atoms with E-state index >= 15 is 0 Å². The second kappa shape index (κ2) is 10.8. The molecule has 5 rings (SSSR count). The Bertz CT molecular complexity index is 1110. The highest BCUT2D eigenvalue weighted by atomic mass is 35.5. The predicted octanol–water partition coefficient (Wildman–Crippen LogP) is 6.26. The number of piperidine rings is 1. The third kappa shape index (κ3) is 5.61. The van der Waals surface area contributed by atoms with Gasteiger partial charge in [-0.2, -0.15) is 11.3 Å². The third-order valence-corrected chi connectivity index (χ3v) is 8.60. The van der Waals surface area contributed by atoms with Crippen LogP contribution < -0.4 is 0 Å². The number of carbonyl (C=O) groups is 1. The summed E-state index contributed by atoms with van der Waals surface area (Å²) in [6, 6.07) is 15.6. The van der Waals surface area contributed by atoms with Crippen molar-refractivity contribution in [3.05, 3.63) is 92.9 Å². The van der Waals surface area contributed by atoms with Crippen molar-refractivity contribution in [1.29, 1.82) is 0 Å². The van der Waals surface area contributed by atoms with E-state index in [-0.39, 0.29) is 5.82 Å². The first-order valence-corrected chi connectivity index (χ1v) is 13.5. The summed E-state index contributed by atoms with van der Waals surface area (Å²) in [5.74, 6) is 0.138. The van der Waals surface area contributed by atoms with E-state index in [0.717, 1.165) is 51.1 Å². The van der Waals surface area contributed by atoms with Crippen LogP contribution in [0, 0.1) is 11.7 Å². The highest BCUT2D eigenvalue weighted by Crippen LogP contribution is 2.39. The zero-order valence-corrected chi connectivity index (χ0v) is 21.1. The number of halogens is 2. The highest BCUT2D eigenvalue weighted by Gasteiger charge is 2.41. The van der Waals surface area contributed by atoms with Crippen molar-refractivity contribution in [1.82, 2.24) is 9.80 Å². The van der Waals surface area contributed by atoms with Crippen LogP contribution in [0.15, 0.2) is 65.4 Å². The van der Waals surface area contributed by atoms with Crippen molar-refractivity contribution in [2.24, 2.45) is 5.92 Å². The van der Waals surface area contributed by atoms with E-state index in [0.29, 0.717) is 22.8 Å². The lowest BCUT2D eigenvalue weighted by atomic mass is 9.87. The first kappa shape index (κ1) is 24.4. The molecule has 0 amide bonds. The Kier molecular flexibility index (Phi) is 7.54. The van der Waals surface area contributed by atoms with E-state index in [1.165, 1.54) is 11.1 Å². The summed E-state index contributed by atoms with van der Waals surface area (Å²) >= 11 is 7.75. The molecule has 0 aliphatic carbocycles. The minimum absolute atomic E-state index is 0.185. The summed E-state index contributed by atoms with van der Waals surface area (Å²) in [5.41, 5.74) is 3.30. The van der Waals surface area contributed by atoms with Crippen molar-refractivity contribution in [2.45, 2.75) is 30.7 Å². The molecular formula is C28H30ClFN2O2S. The summed E-state index contributed by atoms with van der Waals surface area (Å²) in [6.45, 7) is 4.45. The van der Waals surface area contributed by atoms with Gasteiger partial charge in [0.2, 0.25) is 0 Å². The molecule has 2 fully saturated rings. The molecule has 184 valence electrons. The fourth-order valence-corrected chi connectivity index (χ4v) is 6.68. The van der Waals surface area contributed by atoms with Gasteiger partial charge >= 0.3 is 5.97 Å². The van der Waals surface area contributed by atoms with Crippen molar-refractivity contribution in [3.8, 4) is 0 Å². The fourth-order valence-electron chi connectivity index (χ4n) is 5.83. The number of hydrogen-bond donors (Lipinski definition) is 1. The van der Waals surface area contributed by atoms with Gasteiger partial charge in [0, 0.05) is 30.6 Å². The third-order valence-electron chi connectivity index (χ3n) is 7.65. The number of benzene rings is 2. The van der Waals surface area contributed by atoms with Crippen LogP contribution in [0.25, 0.3) is 0 Å². The Labute approximate surface area is 214 Å². The average Bonchev–Trinajstić information content (AvgIpc) is 3.52. The van der Waals surface area contributed by atoms with Gasteiger partial charge < -0.3 is 10.0 Å². The van der Waals surface area contributed by atoms with Gasteiger partial charge in [0.25, 0.3) is 0 Å². The molecule has 1 N–H and O–H groups in total. The van der Waals surface area contributed by atoms with Gasteiger partial charge in [-0.25, -0.2) is 4.39 Å². The lowest BCUT2D eigenvalue weighted by Crippen LogP contribution is -2.38. The number of likely N-dealkylation sites (tertiary alicyclic amines) is 2. The standard InChI is InChI=1S/C28H30ClFN2O2S/c29-24-5-1-21(2-6-24)27(28(33)34)32-16-23(26(17-32)22-11-14-35-18-22)15-31-12-9-20(10-13-31)19-3-7-25(30)8-4-19/h1-8,11,14,18,20,23,26-27H,9-10,12-13,15-17H2,(H,33,34)/t23-,26+,27?/m1/s1. The molecule has 3 heterocycles. The van der Waals surface area contributed by atoms with Gasteiger partial charge in [0.05, 0.1) is 0 Å². The van der Waals surface area contributed by atoms with Crippen molar-refractivity contribution >= 4 is 28.9 Å². The second-order valence-electron chi connectivity index (χ2n) is 9.80. The van der Waals surface area contributed by atoms with Gasteiger partial charge in [-0.3, -0.25) is 9.69 Å². The van der Waals surface area contributed by atoms with Gasteiger partial charge in [0.1, 0.15) is 11.9 Å². The van der Waals surface area contributed by atoms with Crippen molar-refractivity contribution in [3.63, 3.8) is 0 Å². The summed E-state index contributed by atoms with van der Waals surface area (Å²) in [4.78, 5) is 17.0. The number of nitrogens with zero attached hydrogens (tertiary/aromatic N) is 2.